The van der Waals surface area contributed by atoms with Crippen LogP contribution in [0.4, 0.5) is 0 Å². The molecule has 0 aliphatic rings. The van der Waals surface area contributed by atoms with E-state index in [4.69, 9.17) is 9.15 Å². The fourth-order valence-corrected chi connectivity index (χ4v) is 3.00. The molecule has 1 amide bonds. The van der Waals surface area contributed by atoms with Crippen LogP contribution in [0, 0.1) is 0 Å². The lowest BCUT2D eigenvalue weighted by atomic mass is 10.0. The lowest BCUT2D eigenvalue weighted by Crippen LogP contribution is -2.50. The quantitative estimate of drug-likeness (QED) is 0.617. The number of carbonyl (C=O) groups is 1. The smallest absolute Gasteiger partial charge is 0.336 e. The minimum absolute atomic E-state index is 0.106. The van der Waals surface area contributed by atoms with Crippen molar-refractivity contribution in [2.45, 2.75) is 45.9 Å². The molecule has 0 bridgehead atoms. The van der Waals surface area contributed by atoms with E-state index in [2.05, 4.69) is 0 Å². The molecular formula is C23H25NO4. The minimum Gasteiger partial charge on any atom is -0.481 e. The third kappa shape index (κ3) is 4.60. The summed E-state index contributed by atoms with van der Waals surface area (Å²) >= 11 is 0. The molecule has 146 valence electrons. The van der Waals surface area contributed by atoms with Crippen molar-refractivity contribution in [1.82, 2.24) is 4.90 Å². The Morgan fingerprint density at radius 1 is 1.07 bits per heavy atom. The topological polar surface area (TPSA) is 59.8 Å². The van der Waals surface area contributed by atoms with Crippen molar-refractivity contribution in [2.75, 3.05) is 0 Å². The van der Waals surface area contributed by atoms with Crippen molar-refractivity contribution >= 4 is 16.9 Å². The van der Waals surface area contributed by atoms with Gasteiger partial charge in [-0.3, -0.25) is 4.79 Å². The molecule has 3 rings (SSSR count). The summed E-state index contributed by atoms with van der Waals surface area (Å²) in [7, 11) is 0. The van der Waals surface area contributed by atoms with E-state index in [9.17, 15) is 9.59 Å². The zero-order valence-electron chi connectivity index (χ0n) is 16.6. The molecule has 1 heterocycles. The van der Waals surface area contributed by atoms with E-state index in [0.717, 1.165) is 10.9 Å². The van der Waals surface area contributed by atoms with Gasteiger partial charge in [0.05, 0.1) is 0 Å². The van der Waals surface area contributed by atoms with Crippen LogP contribution in [0.25, 0.3) is 11.0 Å². The predicted molar refractivity (Wildman–Crippen MR) is 109 cm³/mol. The van der Waals surface area contributed by atoms with E-state index in [1.54, 1.807) is 31.2 Å². The molecule has 5 heteroatoms. The van der Waals surface area contributed by atoms with Gasteiger partial charge in [0.25, 0.3) is 5.91 Å². The maximum Gasteiger partial charge on any atom is 0.336 e. The summed E-state index contributed by atoms with van der Waals surface area (Å²) in [4.78, 5) is 26.4. The third-order valence-electron chi connectivity index (χ3n) is 4.51. The van der Waals surface area contributed by atoms with Crippen molar-refractivity contribution < 1.29 is 13.9 Å². The molecule has 0 spiro atoms. The zero-order valence-corrected chi connectivity index (χ0v) is 16.6. The standard InChI is InChI=1S/C23H25NO4/c1-16(27-19-12-10-18-11-13-21(25)28-20(18)14-19)22(26)24(23(2,3)4)15-17-8-6-5-7-9-17/h5-14,16H,15H2,1-4H3/t16-/m0/s1. The van der Waals surface area contributed by atoms with Crippen molar-refractivity contribution in [2.24, 2.45) is 0 Å². The van der Waals surface area contributed by atoms with Gasteiger partial charge in [0.2, 0.25) is 0 Å². The van der Waals surface area contributed by atoms with Crippen LogP contribution in [-0.2, 0) is 11.3 Å². The molecule has 0 saturated heterocycles. The Morgan fingerprint density at radius 2 is 1.75 bits per heavy atom. The Hall–Kier alpha value is -3.08. The largest absolute Gasteiger partial charge is 0.481 e. The van der Waals surface area contributed by atoms with Crippen LogP contribution in [0.15, 0.2) is 69.9 Å². The van der Waals surface area contributed by atoms with E-state index in [0.29, 0.717) is 17.9 Å². The fourth-order valence-electron chi connectivity index (χ4n) is 3.00. The Balaban J connectivity index is 1.80. The first-order valence-electron chi connectivity index (χ1n) is 9.30. The first-order valence-corrected chi connectivity index (χ1v) is 9.30. The number of benzene rings is 2. The first kappa shape index (κ1) is 19.7. The molecule has 3 aromatic rings. The SMILES string of the molecule is C[C@H](Oc1ccc2ccc(=O)oc2c1)C(=O)N(Cc1ccccc1)C(C)(C)C. The average Bonchev–Trinajstić information content (AvgIpc) is 2.65. The summed E-state index contributed by atoms with van der Waals surface area (Å²) < 4.78 is 11.1. The summed E-state index contributed by atoms with van der Waals surface area (Å²) in [6.45, 7) is 8.25. The number of rotatable bonds is 5. The van der Waals surface area contributed by atoms with Crippen LogP contribution in [0.3, 0.4) is 0 Å². The van der Waals surface area contributed by atoms with Gasteiger partial charge in [-0.1, -0.05) is 30.3 Å². The Morgan fingerprint density at radius 3 is 2.43 bits per heavy atom. The van der Waals surface area contributed by atoms with Crippen molar-refractivity contribution in [3.8, 4) is 5.75 Å². The Labute approximate surface area is 164 Å². The minimum atomic E-state index is -0.684. The highest BCUT2D eigenvalue weighted by atomic mass is 16.5. The predicted octanol–water partition coefficient (Wildman–Crippen LogP) is 4.39. The maximum atomic E-state index is 13.1. The second kappa shape index (κ2) is 7.89. The molecule has 0 aliphatic heterocycles. The highest BCUT2D eigenvalue weighted by Crippen LogP contribution is 2.23. The van der Waals surface area contributed by atoms with Crippen LogP contribution in [0.5, 0.6) is 5.75 Å². The number of nitrogens with zero attached hydrogens (tertiary/aromatic N) is 1. The second-order valence-corrected chi connectivity index (χ2v) is 7.79. The molecule has 1 aromatic heterocycles. The average molecular weight is 379 g/mol. The second-order valence-electron chi connectivity index (χ2n) is 7.79. The molecular weight excluding hydrogens is 354 g/mol. The zero-order chi connectivity index (χ0) is 20.3. The van der Waals surface area contributed by atoms with Gasteiger partial charge >= 0.3 is 5.63 Å². The molecule has 0 aliphatic carbocycles. The van der Waals surface area contributed by atoms with Crippen LogP contribution in [-0.4, -0.2) is 22.4 Å². The van der Waals surface area contributed by atoms with Gasteiger partial charge in [-0.15, -0.1) is 0 Å². The van der Waals surface area contributed by atoms with Gasteiger partial charge in [0, 0.05) is 29.6 Å². The van der Waals surface area contributed by atoms with Crippen molar-refractivity contribution in [3.63, 3.8) is 0 Å². The number of amides is 1. The molecule has 2 aromatic carbocycles. The fraction of sp³-hybridized carbons (Fsp3) is 0.304. The summed E-state index contributed by atoms with van der Waals surface area (Å²) in [5.74, 6) is 0.377. The van der Waals surface area contributed by atoms with Crippen LogP contribution in [0.1, 0.15) is 33.3 Å². The molecule has 0 N–H and O–H groups in total. The first-order chi connectivity index (χ1) is 13.2. The number of fused-ring (bicyclic) bond motifs is 1. The van der Waals surface area contributed by atoms with Crippen LogP contribution >= 0.6 is 0 Å². The lowest BCUT2D eigenvalue weighted by Gasteiger charge is -2.37. The van der Waals surface area contributed by atoms with Crippen LogP contribution < -0.4 is 10.4 Å². The van der Waals surface area contributed by atoms with Gasteiger partial charge in [0.15, 0.2) is 6.10 Å². The highest BCUT2D eigenvalue weighted by Gasteiger charge is 2.31. The summed E-state index contributed by atoms with van der Waals surface area (Å²) in [5.41, 5.74) is 0.711. The lowest BCUT2D eigenvalue weighted by molar-refractivity contribution is -0.143. The van der Waals surface area contributed by atoms with Crippen molar-refractivity contribution in [3.05, 3.63) is 76.6 Å². The van der Waals surface area contributed by atoms with Crippen molar-refractivity contribution in [1.29, 1.82) is 0 Å². The molecule has 5 nitrogen and oxygen atoms in total. The van der Waals surface area contributed by atoms with E-state index >= 15 is 0 Å². The monoisotopic (exact) mass is 379 g/mol. The van der Waals surface area contributed by atoms with E-state index < -0.39 is 11.7 Å². The van der Waals surface area contributed by atoms with E-state index in [1.807, 2.05) is 56.0 Å². The number of hydrogen-bond acceptors (Lipinski definition) is 4. The highest BCUT2D eigenvalue weighted by molar-refractivity contribution is 5.82. The molecule has 0 fully saturated rings. The number of hydrogen-bond donors (Lipinski definition) is 0. The molecule has 0 radical (unpaired) electrons. The third-order valence-corrected chi connectivity index (χ3v) is 4.51. The Kier molecular flexibility index (Phi) is 5.54. The van der Waals surface area contributed by atoms with Crippen LogP contribution in [0.2, 0.25) is 0 Å². The summed E-state index contributed by atoms with van der Waals surface area (Å²) in [5, 5.41) is 0.798. The maximum absolute atomic E-state index is 13.1. The van der Waals surface area contributed by atoms with Gasteiger partial charge in [-0.2, -0.15) is 0 Å². The number of carbonyl (C=O) groups excluding carboxylic acids is 1. The van der Waals surface area contributed by atoms with Gasteiger partial charge in [-0.05, 0) is 51.5 Å². The van der Waals surface area contributed by atoms with Gasteiger partial charge < -0.3 is 14.1 Å². The summed E-state index contributed by atoms with van der Waals surface area (Å²) in [6, 6.07) is 18.2. The normalized spacial score (nSPS) is 12.6. The summed E-state index contributed by atoms with van der Waals surface area (Å²) in [6.07, 6.45) is -0.684. The van der Waals surface area contributed by atoms with E-state index in [-0.39, 0.29) is 11.4 Å². The van der Waals surface area contributed by atoms with Gasteiger partial charge in [0.1, 0.15) is 11.3 Å². The van der Waals surface area contributed by atoms with Gasteiger partial charge in [-0.25, -0.2) is 4.79 Å². The molecule has 28 heavy (non-hydrogen) atoms. The molecule has 0 saturated carbocycles. The Bertz CT molecular complexity index is 1020. The molecule has 1 atom stereocenters. The van der Waals surface area contributed by atoms with E-state index in [1.165, 1.54) is 6.07 Å². The number of ether oxygens (including phenoxy) is 1. The molecule has 0 unspecified atom stereocenters.